The zero-order valence-electron chi connectivity index (χ0n) is 8.58. The molecule has 0 fully saturated rings. The van der Waals surface area contributed by atoms with Crippen LogP contribution in [0.3, 0.4) is 0 Å². The van der Waals surface area contributed by atoms with Gasteiger partial charge in [-0.3, -0.25) is 0 Å². The summed E-state index contributed by atoms with van der Waals surface area (Å²) in [5.74, 6) is 1.03. The van der Waals surface area contributed by atoms with Crippen molar-refractivity contribution in [1.29, 1.82) is 0 Å². The quantitative estimate of drug-likeness (QED) is 0.806. The number of aliphatic hydroxyl groups is 1. The van der Waals surface area contributed by atoms with Crippen LogP contribution in [0.1, 0.15) is 11.1 Å². The number of hydrogen-bond acceptors (Lipinski definition) is 3. The van der Waals surface area contributed by atoms with Gasteiger partial charge in [0.2, 0.25) is 0 Å². The molecule has 0 atom stereocenters. The lowest BCUT2D eigenvalue weighted by Crippen LogP contribution is -2.14. The Morgan fingerprint density at radius 3 is 3.00 bits per heavy atom. The van der Waals surface area contributed by atoms with Crippen molar-refractivity contribution in [2.24, 2.45) is 0 Å². The van der Waals surface area contributed by atoms with E-state index in [0.29, 0.717) is 0 Å². The van der Waals surface area contributed by atoms with Gasteiger partial charge in [0.25, 0.3) is 0 Å². The molecule has 0 saturated heterocycles. The van der Waals surface area contributed by atoms with Gasteiger partial charge in [0.15, 0.2) is 0 Å². The molecule has 2 rings (SSSR count). The van der Waals surface area contributed by atoms with Gasteiger partial charge in [-0.05, 0) is 30.5 Å². The van der Waals surface area contributed by atoms with Gasteiger partial charge >= 0.3 is 0 Å². The lowest BCUT2D eigenvalue weighted by Gasteiger charge is -2.17. The van der Waals surface area contributed by atoms with E-state index in [1.807, 2.05) is 11.8 Å². The van der Waals surface area contributed by atoms with Crippen molar-refractivity contribution in [3.63, 3.8) is 0 Å². The number of aliphatic hydroxyl groups excluding tert-OH is 1. The van der Waals surface area contributed by atoms with Gasteiger partial charge in [-0.1, -0.05) is 6.07 Å². The number of thioether (sulfide) groups is 1. The third-order valence-corrected chi connectivity index (χ3v) is 3.79. The topological polar surface area (TPSA) is 23.5 Å². The summed E-state index contributed by atoms with van der Waals surface area (Å²) in [6.07, 6.45) is 0.764. The van der Waals surface area contributed by atoms with Crippen LogP contribution in [0.15, 0.2) is 17.0 Å². The fourth-order valence-corrected chi connectivity index (χ4v) is 2.95. The minimum absolute atomic E-state index is 0.232. The average molecular weight is 209 g/mol. The van der Waals surface area contributed by atoms with Gasteiger partial charge in [-0.25, -0.2) is 0 Å². The molecule has 3 heteroatoms. The summed E-state index contributed by atoms with van der Waals surface area (Å²) >= 11 is 1.87. The highest BCUT2D eigenvalue weighted by molar-refractivity contribution is 7.99. The molecule has 1 N–H and O–H groups in total. The van der Waals surface area contributed by atoms with Crippen LogP contribution < -0.4 is 4.90 Å². The van der Waals surface area contributed by atoms with Gasteiger partial charge in [-0.2, -0.15) is 0 Å². The Balaban J connectivity index is 2.50. The summed E-state index contributed by atoms with van der Waals surface area (Å²) < 4.78 is 0. The molecule has 0 amide bonds. The first-order valence-corrected chi connectivity index (χ1v) is 5.80. The highest BCUT2D eigenvalue weighted by Crippen LogP contribution is 2.41. The molecule has 1 aliphatic heterocycles. The first-order valence-electron chi connectivity index (χ1n) is 4.81. The Bertz CT molecular complexity index is 351. The Morgan fingerprint density at radius 2 is 2.29 bits per heavy atom. The van der Waals surface area contributed by atoms with Crippen LogP contribution in [0.5, 0.6) is 0 Å². The Hall–Kier alpha value is -0.670. The van der Waals surface area contributed by atoms with Crippen molar-refractivity contribution in [2.45, 2.75) is 18.2 Å². The molecule has 0 saturated carbocycles. The first kappa shape index (κ1) is 9.87. The highest BCUT2D eigenvalue weighted by atomic mass is 32.2. The minimum atomic E-state index is 0.232. The van der Waals surface area contributed by atoms with E-state index < -0.39 is 0 Å². The van der Waals surface area contributed by atoms with E-state index >= 15 is 0 Å². The lowest BCUT2D eigenvalue weighted by atomic mass is 10.0. The predicted octanol–water partition coefficient (Wildman–Crippen LogP) is 2.03. The molecule has 76 valence electrons. The molecular formula is C11H15NOS. The predicted molar refractivity (Wildman–Crippen MR) is 61.1 cm³/mol. The molecule has 1 heterocycles. The maximum atomic E-state index is 9.04. The third kappa shape index (κ3) is 1.51. The number of hydrogen-bond donors (Lipinski definition) is 1. The smallest absolute Gasteiger partial charge is 0.0683 e. The van der Waals surface area contributed by atoms with E-state index in [-0.39, 0.29) is 6.61 Å². The Labute approximate surface area is 88.9 Å². The number of nitrogens with zero attached hydrogens (tertiary/aromatic N) is 1. The monoisotopic (exact) mass is 209 g/mol. The van der Waals surface area contributed by atoms with Crippen LogP contribution in [0.4, 0.5) is 5.69 Å². The lowest BCUT2D eigenvalue weighted by molar-refractivity contribution is 0.299. The van der Waals surface area contributed by atoms with Gasteiger partial charge in [-0.15, -0.1) is 11.8 Å². The van der Waals surface area contributed by atoms with Crippen molar-refractivity contribution in [3.05, 3.63) is 23.3 Å². The summed E-state index contributed by atoms with van der Waals surface area (Å²) in [7, 11) is 2.11. The molecule has 0 radical (unpaired) electrons. The third-order valence-electron chi connectivity index (χ3n) is 2.64. The summed E-state index contributed by atoms with van der Waals surface area (Å²) in [5, 5.41) is 9.04. The summed E-state index contributed by atoms with van der Waals surface area (Å²) in [5.41, 5.74) is 3.91. The van der Waals surface area contributed by atoms with E-state index in [1.54, 1.807) is 0 Å². The minimum Gasteiger partial charge on any atom is -0.396 e. The SMILES string of the molecule is Cc1ccc2c(c1CCO)N(C)CS2. The molecule has 0 aromatic heterocycles. The molecule has 0 aliphatic carbocycles. The molecule has 14 heavy (non-hydrogen) atoms. The number of aryl methyl sites for hydroxylation is 1. The van der Waals surface area contributed by atoms with Crippen LogP contribution in [0, 0.1) is 6.92 Å². The first-order chi connectivity index (χ1) is 6.74. The molecular weight excluding hydrogens is 194 g/mol. The van der Waals surface area contributed by atoms with Crippen molar-refractivity contribution in [3.8, 4) is 0 Å². The van der Waals surface area contributed by atoms with Crippen LogP contribution in [-0.2, 0) is 6.42 Å². The fraction of sp³-hybridized carbons (Fsp3) is 0.455. The maximum absolute atomic E-state index is 9.04. The molecule has 0 unspecified atom stereocenters. The van der Waals surface area contributed by atoms with E-state index in [4.69, 9.17) is 5.11 Å². The Morgan fingerprint density at radius 1 is 1.50 bits per heavy atom. The summed E-state index contributed by atoms with van der Waals surface area (Å²) in [6, 6.07) is 4.33. The standard InChI is InChI=1S/C11H15NOS/c1-8-3-4-10-11(9(8)5-6-13)12(2)7-14-10/h3-4,13H,5-7H2,1-2H3. The average Bonchev–Trinajstić information content (AvgIpc) is 2.53. The van der Waals surface area contributed by atoms with E-state index in [2.05, 4.69) is 31.0 Å². The second-order valence-electron chi connectivity index (χ2n) is 3.65. The molecule has 1 aliphatic rings. The summed E-state index contributed by atoms with van der Waals surface area (Å²) in [4.78, 5) is 3.61. The molecule has 2 nitrogen and oxygen atoms in total. The number of benzene rings is 1. The van der Waals surface area contributed by atoms with Crippen LogP contribution in [-0.4, -0.2) is 24.6 Å². The summed E-state index contributed by atoms with van der Waals surface area (Å²) in [6.45, 7) is 2.35. The number of rotatable bonds is 2. The zero-order chi connectivity index (χ0) is 10.1. The van der Waals surface area contributed by atoms with E-state index in [0.717, 1.165) is 12.3 Å². The Kier molecular flexibility index (Phi) is 2.70. The molecule has 0 bridgehead atoms. The largest absolute Gasteiger partial charge is 0.396 e. The normalized spacial score (nSPS) is 14.6. The van der Waals surface area contributed by atoms with Crippen molar-refractivity contribution in [1.82, 2.24) is 0 Å². The number of anilines is 1. The van der Waals surface area contributed by atoms with Crippen LogP contribution in [0.2, 0.25) is 0 Å². The van der Waals surface area contributed by atoms with E-state index in [9.17, 15) is 0 Å². The number of fused-ring (bicyclic) bond motifs is 1. The van der Waals surface area contributed by atoms with Gasteiger partial charge < -0.3 is 10.0 Å². The van der Waals surface area contributed by atoms with Crippen molar-refractivity contribution in [2.75, 3.05) is 24.4 Å². The van der Waals surface area contributed by atoms with Gasteiger partial charge in [0, 0.05) is 18.6 Å². The molecule has 0 spiro atoms. The second-order valence-corrected chi connectivity index (χ2v) is 4.64. The molecule has 1 aromatic carbocycles. The second kappa shape index (κ2) is 3.83. The van der Waals surface area contributed by atoms with Gasteiger partial charge in [0.1, 0.15) is 0 Å². The maximum Gasteiger partial charge on any atom is 0.0683 e. The van der Waals surface area contributed by atoms with Crippen LogP contribution >= 0.6 is 11.8 Å². The van der Waals surface area contributed by atoms with E-state index in [1.165, 1.54) is 21.7 Å². The van der Waals surface area contributed by atoms with Crippen LogP contribution in [0.25, 0.3) is 0 Å². The zero-order valence-corrected chi connectivity index (χ0v) is 9.40. The highest BCUT2D eigenvalue weighted by Gasteiger charge is 2.20. The molecule has 1 aromatic rings. The van der Waals surface area contributed by atoms with Crippen molar-refractivity contribution >= 4 is 17.4 Å². The van der Waals surface area contributed by atoms with Gasteiger partial charge in [0.05, 0.1) is 11.6 Å². The fourth-order valence-electron chi connectivity index (χ4n) is 1.91. The van der Waals surface area contributed by atoms with Crippen molar-refractivity contribution < 1.29 is 5.11 Å².